The van der Waals surface area contributed by atoms with E-state index in [1.165, 1.54) is 0 Å². The van der Waals surface area contributed by atoms with Gasteiger partial charge in [-0.15, -0.1) is 16.4 Å². The summed E-state index contributed by atoms with van der Waals surface area (Å²) in [7, 11) is 1.87. The van der Waals surface area contributed by atoms with Gasteiger partial charge in [0, 0.05) is 38.1 Å². The van der Waals surface area contributed by atoms with E-state index in [-0.39, 0.29) is 0 Å². The Hall–Kier alpha value is -1.27. The Kier molecular flexibility index (Phi) is 3.63. The molecule has 5 nitrogen and oxygen atoms in total. The van der Waals surface area contributed by atoms with E-state index in [2.05, 4.69) is 26.0 Å². The second kappa shape index (κ2) is 5.18. The SMILES string of the molecule is Cc1nc(CCNCc2cn(C)nn2)cs1. The van der Waals surface area contributed by atoms with Gasteiger partial charge in [-0.1, -0.05) is 5.21 Å². The summed E-state index contributed by atoms with van der Waals surface area (Å²) in [6.45, 7) is 3.71. The Labute approximate surface area is 98.5 Å². The molecular weight excluding hydrogens is 222 g/mol. The van der Waals surface area contributed by atoms with Gasteiger partial charge in [0.2, 0.25) is 0 Å². The molecule has 0 aromatic carbocycles. The van der Waals surface area contributed by atoms with Gasteiger partial charge in [0.05, 0.1) is 16.4 Å². The molecule has 0 fully saturated rings. The van der Waals surface area contributed by atoms with Crippen molar-refractivity contribution in [3.63, 3.8) is 0 Å². The monoisotopic (exact) mass is 237 g/mol. The molecule has 0 aliphatic rings. The zero-order valence-electron chi connectivity index (χ0n) is 9.47. The third kappa shape index (κ3) is 3.11. The molecule has 0 aliphatic carbocycles. The average Bonchev–Trinajstić information content (AvgIpc) is 2.83. The predicted molar refractivity (Wildman–Crippen MR) is 63.3 cm³/mol. The summed E-state index contributed by atoms with van der Waals surface area (Å²) < 4.78 is 1.71. The molecule has 86 valence electrons. The van der Waals surface area contributed by atoms with E-state index in [0.717, 1.165) is 35.9 Å². The second-order valence-corrected chi connectivity index (χ2v) is 4.73. The summed E-state index contributed by atoms with van der Waals surface area (Å²) in [6, 6.07) is 0. The first kappa shape index (κ1) is 11.2. The molecule has 0 saturated carbocycles. The number of hydrogen-bond donors (Lipinski definition) is 1. The molecule has 16 heavy (non-hydrogen) atoms. The van der Waals surface area contributed by atoms with Crippen molar-refractivity contribution in [2.24, 2.45) is 7.05 Å². The summed E-state index contributed by atoms with van der Waals surface area (Å²) in [5.41, 5.74) is 2.13. The van der Waals surface area contributed by atoms with Gasteiger partial charge >= 0.3 is 0 Å². The molecule has 0 radical (unpaired) electrons. The third-order valence-corrected chi connectivity index (χ3v) is 3.00. The molecule has 2 heterocycles. The molecule has 0 spiro atoms. The predicted octanol–water partition coefficient (Wildman–Crippen LogP) is 0.912. The fraction of sp³-hybridized carbons (Fsp3) is 0.500. The van der Waals surface area contributed by atoms with Crippen LogP contribution in [0.5, 0.6) is 0 Å². The molecule has 0 bridgehead atoms. The normalized spacial score (nSPS) is 10.9. The molecule has 2 rings (SSSR count). The van der Waals surface area contributed by atoms with Crippen molar-refractivity contribution in [1.82, 2.24) is 25.3 Å². The molecule has 6 heteroatoms. The summed E-state index contributed by atoms with van der Waals surface area (Å²) in [5.74, 6) is 0. The van der Waals surface area contributed by atoms with Crippen molar-refractivity contribution < 1.29 is 0 Å². The topological polar surface area (TPSA) is 55.6 Å². The number of aromatic nitrogens is 4. The highest BCUT2D eigenvalue weighted by Crippen LogP contribution is 2.07. The van der Waals surface area contributed by atoms with Crippen molar-refractivity contribution in [1.29, 1.82) is 0 Å². The fourth-order valence-electron chi connectivity index (χ4n) is 1.43. The maximum absolute atomic E-state index is 4.41. The first-order valence-corrected chi connectivity index (χ1v) is 6.09. The number of aryl methyl sites for hydroxylation is 2. The van der Waals surface area contributed by atoms with Crippen LogP contribution in [0, 0.1) is 6.92 Å². The Balaban J connectivity index is 1.69. The van der Waals surface area contributed by atoms with Gasteiger partial charge in [0.15, 0.2) is 0 Å². The zero-order valence-corrected chi connectivity index (χ0v) is 10.3. The number of nitrogens with one attached hydrogen (secondary N) is 1. The highest BCUT2D eigenvalue weighted by atomic mass is 32.1. The van der Waals surface area contributed by atoms with Crippen molar-refractivity contribution >= 4 is 11.3 Å². The van der Waals surface area contributed by atoms with Gasteiger partial charge < -0.3 is 5.32 Å². The van der Waals surface area contributed by atoms with Crippen LogP contribution >= 0.6 is 11.3 Å². The van der Waals surface area contributed by atoms with Gasteiger partial charge in [0.25, 0.3) is 0 Å². The molecule has 1 N–H and O–H groups in total. The van der Waals surface area contributed by atoms with Gasteiger partial charge in [-0.2, -0.15) is 0 Å². The van der Waals surface area contributed by atoms with Crippen LogP contribution < -0.4 is 5.32 Å². The average molecular weight is 237 g/mol. The molecule has 2 aromatic rings. The maximum atomic E-state index is 4.41. The lowest BCUT2D eigenvalue weighted by atomic mass is 10.3. The first-order chi connectivity index (χ1) is 7.74. The largest absolute Gasteiger partial charge is 0.311 e. The number of hydrogen-bond acceptors (Lipinski definition) is 5. The van der Waals surface area contributed by atoms with Crippen molar-refractivity contribution in [3.05, 3.63) is 28.0 Å². The molecule has 0 aliphatic heterocycles. The lowest BCUT2D eigenvalue weighted by Gasteiger charge is -1.99. The molecular formula is C10H15N5S. The molecule has 0 amide bonds. The highest BCUT2D eigenvalue weighted by Gasteiger charge is 1.99. The lowest BCUT2D eigenvalue weighted by Crippen LogP contribution is -2.17. The second-order valence-electron chi connectivity index (χ2n) is 3.67. The molecule has 0 unspecified atom stereocenters. The summed E-state index contributed by atoms with van der Waals surface area (Å²) in [6.07, 6.45) is 2.88. The van der Waals surface area contributed by atoms with Crippen molar-refractivity contribution in [2.75, 3.05) is 6.54 Å². The Morgan fingerprint density at radius 2 is 2.31 bits per heavy atom. The van der Waals surface area contributed by atoms with Crippen LogP contribution in [0.3, 0.4) is 0 Å². The van der Waals surface area contributed by atoms with Crippen LogP contribution in [0.4, 0.5) is 0 Å². The number of rotatable bonds is 5. The van der Waals surface area contributed by atoms with E-state index >= 15 is 0 Å². The minimum Gasteiger partial charge on any atom is -0.311 e. The quantitative estimate of drug-likeness (QED) is 0.785. The van der Waals surface area contributed by atoms with Gasteiger partial charge in [-0.3, -0.25) is 4.68 Å². The van der Waals surface area contributed by atoms with E-state index in [4.69, 9.17) is 0 Å². The zero-order chi connectivity index (χ0) is 11.4. The summed E-state index contributed by atoms with van der Waals surface area (Å²) in [4.78, 5) is 4.41. The first-order valence-electron chi connectivity index (χ1n) is 5.21. The Bertz CT molecular complexity index is 405. The van der Waals surface area contributed by atoms with Crippen LogP contribution in [-0.4, -0.2) is 26.5 Å². The maximum Gasteiger partial charge on any atom is 0.0964 e. The van der Waals surface area contributed by atoms with E-state index in [0.29, 0.717) is 0 Å². The lowest BCUT2D eigenvalue weighted by molar-refractivity contribution is 0.665. The van der Waals surface area contributed by atoms with Crippen LogP contribution in [0.1, 0.15) is 16.4 Å². The van der Waals surface area contributed by atoms with Crippen LogP contribution in [0.2, 0.25) is 0 Å². The van der Waals surface area contributed by atoms with Crippen LogP contribution in [-0.2, 0) is 20.0 Å². The van der Waals surface area contributed by atoms with E-state index in [9.17, 15) is 0 Å². The molecule has 2 aromatic heterocycles. The van der Waals surface area contributed by atoms with E-state index in [1.54, 1.807) is 16.0 Å². The van der Waals surface area contributed by atoms with Crippen LogP contribution in [0.25, 0.3) is 0 Å². The number of nitrogens with zero attached hydrogens (tertiary/aromatic N) is 4. The molecule has 0 atom stereocenters. The van der Waals surface area contributed by atoms with Crippen LogP contribution in [0.15, 0.2) is 11.6 Å². The minimum absolute atomic E-state index is 0.761. The van der Waals surface area contributed by atoms with Gasteiger partial charge in [-0.05, 0) is 6.92 Å². The summed E-state index contributed by atoms with van der Waals surface area (Å²) >= 11 is 1.70. The highest BCUT2D eigenvalue weighted by molar-refractivity contribution is 7.09. The molecule has 0 saturated heterocycles. The van der Waals surface area contributed by atoms with Gasteiger partial charge in [-0.25, -0.2) is 4.98 Å². The minimum atomic E-state index is 0.761. The van der Waals surface area contributed by atoms with Crippen molar-refractivity contribution in [2.45, 2.75) is 19.9 Å². The smallest absolute Gasteiger partial charge is 0.0964 e. The Morgan fingerprint density at radius 1 is 1.44 bits per heavy atom. The number of thiazole rings is 1. The van der Waals surface area contributed by atoms with Gasteiger partial charge in [0.1, 0.15) is 0 Å². The fourth-order valence-corrected chi connectivity index (χ4v) is 2.08. The Morgan fingerprint density at radius 3 is 2.94 bits per heavy atom. The van der Waals surface area contributed by atoms with Crippen molar-refractivity contribution in [3.8, 4) is 0 Å². The van der Waals surface area contributed by atoms with E-state index in [1.807, 2.05) is 20.2 Å². The summed E-state index contributed by atoms with van der Waals surface area (Å²) in [5, 5.41) is 14.4. The van der Waals surface area contributed by atoms with E-state index < -0.39 is 0 Å². The standard InChI is InChI=1S/C10H15N5S/c1-8-12-9(7-16-8)3-4-11-5-10-6-15(2)14-13-10/h6-7,11H,3-5H2,1-2H3. The third-order valence-electron chi connectivity index (χ3n) is 2.18.